The molecule has 0 unspecified atom stereocenters. The van der Waals surface area contributed by atoms with Crippen molar-refractivity contribution in [2.45, 2.75) is 78.1 Å². The summed E-state index contributed by atoms with van der Waals surface area (Å²) in [5.41, 5.74) is 8.29. The molecule has 0 fully saturated rings. The van der Waals surface area contributed by atoms with Crippen molar-refractivity contribution in [3.63, 3.8) is 0 Å². The second-order valence-electron chi connectivity index (χ2n) is 9.49. The summed E-state index contributed by atoms with van der Waals surface area (Å²) in [5, 5.41) is -0.876. The highest BCUT2D eigenvalue weighted by Crippen LogP contribution is 2.35. The van der Waals surface area contributed by atoms with Gasteiger partial charge in [0.25, 0.3) is 10.5 Å². The predicted octanol–water partition coefficient (Wildman–Crippen LogP) is 10.0. The number of halogens is 2. The van der Waals surface area contributed by atoms with E-state index in [4.69, 9.17) is 23.2 Å². The molecule has 3 rings (SSSR count). The number of benzene rings is 3. The van der Waals surface area contributed by atoms with Gasteiger partial charge in [-0.15, -0.1) is 0 Å². The standard InChI is InChI=1S/C32H36Cl2O2/c1-3-5-7-9-11-27-21-30(24-15-19-26(20-16-24)32(34)36)28(12-10-8-6-4-2)22-29(27)23-13-17-25(18-14-23)31(33)35/h13-22H,3-12H2,1-2H3. The van der Waals surface area contributed by atoms with Crippen LogP contribution >= 0.6 is 23.2 Å². The summed E-state index contributed by atoms with van der Waals surface area (Å²) in [6, 6.07) is 19.9. The van der Waals surface area contributed by atoms with Crippen LogP contribution in [0.5, 0.6) is 0 Å². The van der Waals surface area contributed by atoms with Crippen LogP contribution in [0.3, 0.4) is 0 Å². The lowest BCUT2D eigenvalue weighted by Gasteiger charge is -2.18. The summed E-state index contributed by atoms with van der Waals surface area (Å²) in [5.74, 6) is 0. The van der Waals surface area contributed by atoms with Crippen LogP contribution in [0.4, 0.5) is 0 Å². The van der Waals surface area contributed by atoms with Crippen LogP contribution in [-0.4, -0.2) is 10.5 Å². The fourth-order valence-electron chi connectivity index (χ4n) is 4.69. The molecule has 36 heavy (non-hydrogen) atoms. The third-order valence-electron chi connectivity index (χ3n) is 6.77. The van der Waals surface area contributed by atoms with Gasteiger partial charge in [0.15, 0.2) is 0 Å². The highest BCUT2D eigenvalue weighted by molar-refractivity contribution is 6.68. The van der Waals surface area contributed by atoms with Crippen molar-refractivity contribution in [1.82, 2.24) is 0 Å². The van der Waals surface area contributed by atoms with E-state index in [0.717, 1.165) is 36.8 Å². The van der Waals surface area contributed by atoms with E-state index < -0.39 is 10.5 Å². The van der Waals surface area contributed by atoms with Crippen molar-refractivity contribution >= 4 is 33.7 Å². The van der Waals surface area contributed by atoms with Crippen LogP contribution in [0.25, 0.3) is 22.3 Å². The van der Waals surface area contributed by atoms with Crippen LogP contribution in [0.15, 0.2) is 60.7 Å². The molecule has 3 aromatic rings. The summed E-state index contributed by atoms with van der Waals surface area (Å²) >= 11 is 11.4. The Hall–Kier alpha value is -2.42. The number of rotatable bonds is 14. The zero-order chi connectivity index (χ0) is 25.9. The zero-order valence-corrected chi connectivity index (χ0v) is 22.9. The lowest BCUT2D eigenvalue weighted by Crippen LogP contribution is -1.99. The van der Waals surface area contributed by atoms with Crippen LogP contribution < -0.4 is 0 Å². The van der Waals surface area contributed by atoms with Crippen molar-refractivity contribution in [2.75, 3.05) is 0 Å². The smallest absolute Gasteiger partial charge is 0.252 e. The predicted molar refractivity (Wildman–Crippen MR) is 153 cm³/mol. The molecule has 0 atom stereocenters. The van der Waals surface area contributed by atoms with E-state index in [2.05, 4.69) is 26.0 Å². The van der Waals surface area contributed by atoms with Gasteiger partial charge in [-0.25, -0.2) is 0 Å². The zero-order valence-electron chi connectivity index (χ0n) is 21.4. The first kappa shape index (κ1) is 28.2. The maximum atomic E-state index is 11.6. The van der Waals surface area contributed by atoms with Crippen molar-refractivity contribution in [1.29, 1.82) is 0 Å². The van der Waals surface area contributed by atoms with Gasteiger partial charge >= 0.3 is 0 Å². The van der Waals surface area contributed by atoms with Crippen molar-refractivity contribution < 1.29 is 9.59 Å². The van der Waals surface area contributed by atoms with Crippen LogP contribution in [0, 0.1) is 0 Å². The minimum atomic E-state index is -0.438. The summed E-state index contributed by atoms with van der Waals surface area (Å²) < 4.78 is 0. The fourth-order valence-corrected chi connectivity index (χ4v) is 4.94. The number of carbonyl (C=O) groups excluding carboxylic acids is 2. The van der Waals surface area contributed by atoms with Gasteiger partial charge in [-0.3, -0.25) is 9.59 Å². The van der Waals surface area contributed by atoms with Gasteiger partial charge < -0.3 is 0 Å². The molecular formula is C32H36Cl2O2. The Balaban J connectivity index is 2.08. The van der Waals surface area contributed by atoms with Gasteiger partial charge in [0.05, 0.1) is 0 Å². The second-order valence-corrected chi connectivity index (χ2v) is 10.2. The molecule has 0 bridgehead atoms. The Morgan fingerprint density at radius 2 is 0.917 bits per heavy atom. The summed E-state index contributed by atoms with van der Waals surface area (Å²) in [6.45, 7) is 4.46. The monoisotopic (exact) mass is 522 g/mol. The molecule has 0 aliphatic carbocycles. The van der Waals surface area contributed by atoms with E-state index in [-0.39, 0.29) is 0 Å². The SMILES string of the molecule is CCCCCCc1cc(-c2ccc(C(=O)Cl)cc2)c(CCCCCC)cc1-c1ccc(C(=O)Cl)cc1. The minimum absolute atomic E-state index is 0.438. The second kappa shape index (κ2) is 14.4. The van der Waals surface area contributed by atoms with E-state index in [1.165, 1.54) is 60.8 Å². The van der Waals surface area contributed by atoms with E-state index in [1.807, 2.05) is 48.5 Å². The molecule has 0 saturated heterocycles. The normalized spacial score (nSPS) is 11.0. The number of hydrogen-bond donors (Lipinski definition) is 0. The number of hydrogen-bond acceptors (Lipinski definition) is 2. The molecule has 4 heteroatoms. The lowest BCUT2D eigenvalue weighted by atomic mass is 9.86. The van der Waals surface area contributed by atoms with Gasteiger partial charge in [-0.2, -0.15) is 0 Å². The molecule has 0 radical (unpaired) electrons. The van der Waals surface area contributed by atoms with E-state index in [1.54, 1.807) is 0 Å². The topological polar surface area (TPSA) is 34.1 Å². The third-order valence-corrected chi connectivity index (χ3v) is 7.21. The van der Waals surface area contributed by atoms with Crippen LogP contribution in [0.2, 0.25) is 0 Å². The Labute approximate surface area is 226 Å². The quantitative estimate of drug-likeness (QED) is 0.156. The molecule has 0 aromatic heterocycles. The summed E-state index contributed by atoms with van der Waals surface area (Å²) in [4.78, 5) is 23.2. The molecule has 0 aliphatic heterocycles. The van der Waals surface area contributed by atoms with Crippen LogP contribution in [0.1, 0.15) is 97.1 Å². The molecule has 2 nitrogen and oxygen atoms in total. The summed E-state index contributed by atoms with van der Waals surface area (Å²) in [7, 11) is 0. The Bertz CT molecular complexity index is 1050. The number of aryl methyl sites for hydroxylation is 2. The largest absolute Gasteiger partial charge is 0.276 e. The average molecular weight is 524 g/mol. The van der Waals surface area contributed by atoms with E-state index in [9.17, 15) is 9.59 Å². The molecule has 0 spiro atoms. The van der Waals surface area contributed by atoms with Gasteiger partial charge in [-0.1, -0.05) is 88.8 Å². The number of carbonyl (C=O) groups is 2. The fraction of sp³-hybridized carbons (Fsp3) is 0.375. The highest BCUT2D eigenvalue weighted by atomic mass is 35.5. The Morgan fingerprint density at radius 3 is 1.22 bits per heavy atom. The van der Waals surface area contributed by atoms with Gasteiger partial charge in [0, 0.05) is 11.1 Å². The average Bonchev–Trinajstić information content (AvgIpc) is 2.89. The first-order valence-corrected chi connectivity index (χ1v) is 14.0. The molecular weight excluding hydrogens is 487 g/mol. The van der Waals surface area contributed by atoms with Crippen molar-refractivity contribution in [2.24, 2.45) is 0 Å². The molecule has 0 amide bonds. The van der Waals surface area contributed by atoms with E-state index in [0.29, 0.717) is 11.1 Å². The van der Waals surface area contributed by atoms with Crippen molar-refractivity contribution in [3.8, 4) is 22.3 Å². The maximum absolute atomic E-state index is 11.6. The van der Waals surface area contributed by atoms with Gasteiger partial charge in [0.2, 0.25) is 0 Å². The Kier molecular flexibility index (Phi) is 11.2. The lowest BCUT2D eigenvalue weighted by molar-refractivity contribution is 0.107. The third kappa shape index (κ3) is 7.79. The molecule has 0 heterocycles. The highest BCUT2D eigenvalue weighted by Gasteiger charge is 2.15. The first-order chi connectivity index (χ1) is 17.4. The molecule has 0 aliphatic rings. The number of unbranched alkanes of at least 4 members (excludes halogenated alkanes) is 6. The molecule has 0 saturated carbocycles. The molecule has 0 N–H and O–H groups in total. The van der Waals surface area contributed by atoms with Gasteiger partial charge in [0.1, 0.15) is 0 Å². The maximum Gasteiger partial charge on any atom is 0.252 e. The van der Waals surface area contributed by atoms with Gasteiger partial charge in [-0.05, 0) is 107 Å². The summed E-state index contributed by atoms with van der Waals surface area (Å²) in [6.07, 6.45) is 11.5. The molecule has 190 valence electrons. The van der Waals surface area contributed by atoms with E-state index >= 15 is 0 Å². The van der Waals surface area contributed by atoms with Crippen LogP contribution in [-0.2, 0) is 12.8 Å². The molecule has 3 aromatic carbocycles. The minimum Gasteiger partial charge on any atom is -0.276 e. The first-order valence-electron chi connectivity index (χ1n) is 13.2. The van der Waals surface area contributed by atoms with Crippen molar-refractivity contribution in [3.05, 3.63) is 82.9 Å². The Morgan fingerprint density at radius 1 is 0.556 bits per heavy atom.